The zero-order chi connectivity index (χ0) is 16.5. The van der Waals surface area contributed by atoms with Crippen LogP contribution in [-0.4, -0.2) is 25.5 Å². The van der Waals surface area contributed by atoms with Crippen LogP contribution in [0, 0.1) is 0 Å². The number of hydrogen-bond acceptors (Lipinski definition) is 5. The van der Waals surface area contributed by atoms with Crippen molar-refractivity contribution in [1.82, 2.24) is 19.6 Å². The van der Waals surface area contributed by atoms with Crippen LogP contribution in [-0.2, 0) is 0 Å². The van der Waals surface area contributed by atoms with Crippen molar-refractivity contribution in [2.45, 2.75) is 0 Å². The molecular weight excluding hydrogens is 374 g/mol. The molecule has 0 aliphatic carbocycles. The number of carbonyl (C=O) groups is 1. The third-order valence-corrected chi connectivity index (χ3v) is 3.86. The Balaban J connectivity index is 1.71. The van der Waals surface area contributed by atoms with Gasteiger partial charge in [0.15, 0.2) is 11.4 Å². The van der Waals surface area contributed by atoms with Gasteiger partial charge in [0, 0.05) is 16.9 Å². The number of furan rings is 1. The summed E-state index contributed by atoms with van der Waals surface area (Å²) in [7, 11) is 0. The summed E-state index contributed by atoms with van der Waals surface area (Å²) in [5.74, 6) is 0.765. The fraction of sp³-hybridized carbons (Fsp3) is 0. The molecule has 0 radical (unpaired) electrons. The summed E-state index contributed by atoms with van der Waals surface area (Å²) in [5, 5.41) is 6.99. The second-order valence-electron chi connectivity index (χ2n) is 4.92. The van der Waals surface area contributed by atoms with Gasteiger partial charge in [0.1, 0.15) is 17.1 Å². The van der Waals surface area contributed by atoms with Crippen molar-refractivity contribution in [1.29, 1.82) is 0 Å². The van der Waals surface area contributed by atoms with Gasteiger partial charge in [-0.1, -0.05) is 0 Å². The van der Waals surface area contributed by atoms with Crippen LogP contribution in [0.25, 0.3) is 17.1 Å². The third kappa shape index (κ3) is 2.56. The van der Waals surface area contributed by atoms with Crippen LogP contribution in [0.4, 0.5) is 5.82 Å². The highest BCUT2D eigenvalue weighted by molar-refractivity contribution is 9.10. The van der Waals surface area contributed by atoms with E-state index < -0.39 is 0 Å². The molecule has 0 atom stereocenters. The van der Waals surface area contributed by atoms with Crippen molar-refractivity contribution in [2.24, 2.45) is 0 Å². The van der Waals surface area contributed by atoms with Crippen molar-refractivity contribution >= 4 is 33.3 Å². The number of aromatic nitrogens is 4. The molecule has 7 nitrogen and oxygen atoms in total. The number of hydrogen-bond donors (Lipinski definition) is 1. The topological polar surface area (TPSA) is 85.3 Å². The zero-order valence-electron chi connectivity index (χ0n) is 12.2. The lowest BCUT2D eigenvalue weighted by atomic mass is 10.3. The summed E-state index contributed by atoms with van der Waals surface area (Å²) in [6, 6.07) is 8.89. The minimum absolute atomic E-state index is 0.330. The van der Waals surface area contributed by atoms with E-state index in [0.29, 0.717) is 28.5 Å². The molecule has 0 aromatic carbocycles. The predicted molar refractivity (Wildman–Crippen MR) is 90.6 cm³/mol. The normalized spacial score (nSPS) is 10.9. The lowest BCUT2D eigenvalue weighted by molar-refractivity contribution is 0.102. The van der Waals surface area contributed by atoms with Crippen LogP contribution in [0.2, 0.25) is 0 Å². The minimum atomic E-state index is -0.330. The average molecular weight is 384 g/mol. The maximum absolute atomic E-state index is 12.5. The summed E-state index contributed by atoms with van der Waals surface area (Å²) in [4.78, 5) is 20.9. The van der Waals surface area contributed by atoms with E-state index in [0.717, 1.165) is 4.47 Å². The SMILES string of the molecule is O=C(Nc1ccc(Br)cn1)c1cnn2c(-c3ccco3)ccnc12. The van der Waals surface area contributed by atoms with E-state index in [1.54, 1.807) is 47.4 Å². The van der Waals surface area contributed by atoms with Crippen molar-refractivity contribution in [3.05, 3.63) is 65.2 Å². The molecule has 0 saturated heterocycles. The summed E-state index contributed by atoms with van der Waals surface area (Å²) in [5.41, 5.74) is 1.51. The standard InChI is InChI=1S/C16H10BrN5O2/c17-10-3-4-14(19-8-10)21-16(23)11-9-20-22-12(5-6-18-15(11)22)13-2-1-7-24-13/h1-9H,(H,19,21,23). The Bertz CT molecular complexity index is 1010. The van der Waals surface area contributed by atoms with Gasteiger partial charge in [-0.15, -0.1) is 0 Å². The Morgan fingerprint density at radius 2 is 2.08 bits per heavy atom. The van der Waals surface area contributed by atoms with Crippen LogP contribution in [0.15, 0.2) is 64.1 Å². The first kappa shape index (κ1) is 14.6. The molecule has 0 aliphatic heterocycles. The van der Waals surface area contributed by atoms with Crippen LogP contribution in [0.5, 0.6) is 0 Å². The van der Waals surface area contributed by atoms with Crippen molar-refractivity contribution < 1.29 is 9.21 Å². The first-order valence-electron chi connectivity index (χ1n) is 7.02. The summed E-state index contributed by atoms with van der Waals surface area (Å²) >= 11 is 3.30. The van der Waals surface area contributed by atoms with E-state index in [4.69, 9.17) is 4.42 Å². The molecule has 1 N–H and O–H groups in total. The average Bonchev–Trinajstić information content (AvgIpc) is 3.26. The second kappa shape index (κ2) is 5.89. The molecule has 4 aromatic heterocycles. The molecule has 4 aromatic rings. The van der Waals surface area contributed by atoms with Crippen LogP contribution < -0.4 is 5.32 Å². The van der Waals surface area contributed by atoms with Crippen LogP contribution in [0.1, 0.15) is 10.4 Å². The van der Waals surface area contributed by atoms with Gasteiger partial charge in [-0.2, -0.15) is 5.10 Å². The molecule has 0 aliphatic rings. The number of nitrogens with one attached hydrogen (secondary N) is 1. The number of fused-ring (bicyclic) bond motifs is 1. The molecule has 4 heterocycles. The fourth-order valence-electron chi connectivity index (χ4n) is 2.30. The highest BCUT2D eigenvalue weighted by atomic mass is 79.9. The molecule has 1 amide bonds. The van der Waals surface area contributed by atoms with Crippen molar-refractivity contribution in [3.63, 3.8) is 0 Å². The van der Waals surface area contributed by atoms with Gasteiger partial charge in [-0.3, -0.25) is 4.79 Å². The maximum Gasteiger partial charge on any atom is 0.262 e. The monoisotopic (exact) mass is 383 g/mol. The number of anilines is 1. The van der Waals surface area contributed by atoms with Gasteiger partial charge >= 0.3 is 0 Å². The lowest BCUT2D eigenvalue weighted by Crippen LogP contribution is -2.13. The number of pyridine rings is 1. The summed E-state index contributed by atoms with van der Waals surface area (Å²) < 4.78 is 7.81. The van der Waals surface area contributed by atoms with Crippen molar-refractivity contribution in [2.75, 3.05) is 5.32 Å². The van der Waals surface area contributed by atoms with E-state index in [9.17, 15) is 4.79 Å². The molecule has 0 bridgehead atoms. The van der Waals surface area contributed by atoms with Gasteiger partial charge in [-0.05, 0) is 46.3 Å². The van der Waals surface area contributed by atoms with Crippen LogP contribution >= 0.6 is 15.9 Å². The van der Waals surface area contributed by atoms with E-state index in [2.05, 4.69) is 36.3 Å². The molecule has 8 heteroatoms. The molecule has 0 unspecified atom stereocenters. The number of rotatable bonds is 3. The number of carbonyl (C=O) groups excluding carboxylic acids is 1. The fourth-order valence-corrected chi connectivity index (χ4v) is 2.53. The highest BCUT2D eigenvalue weighted by Crippen LogP contribution is 2.21. The van der Waals surface area contributed by atoms with Gasteiger partial charge < -0.3 is 9.73 Å². The predicted octanol–water partition coefficient (Wildman–Crippen LogP) is 3.40. The van der Waals surface area contributed by atoms with Gasteiger partial charge in [0.2, 0.25) is 0 Å². The molecule has 24 heavy (non-hydrogen) atoms. The Morgan fingerprint density at radius 3 is 2.83 bits per heavy atom. The van der Waals surface area contributed by atoms with Gasteiger partial charge in [-0.25, -0.2) is 14.5 Å². The van der Waals surface area contributed by atoms with E-state index in [-0.39, 0.29) is 5.91 Å². The lowest BCUT2D eigenvalue weighted by Gasteiger charge is -2.04. The molecule has 4 rings (SSSR count). The number of halogens is 1. The van der Waals surface area contributed by atoms with E-state index in [1.165, 1.54) is 6.20 Å². The maximum atomic E-state index is 12.5. The van der Waals surface area contributed by atoms with Gasteiger partial charge in [0.05, 0.1) is 12.5 Å². The van der Waals surface area contributed by atoms with Gasteiger partial charge in [0.25, 0.3) is 5.91 Å². The van der Waals surface area contributed by atoms with E-state index in [1.807, 2.05) is 6.07 Å². The largest absolute Gasteiger partial charge is 0.463 e. The molecule has 0 saturated carbocycles. The zero-order valence-corrected chi connectivity index (χ0v) is 13.8. The Labute approximate surface area is 144 Å². The molecule has 118 valence electrons. The Hall–Kier alpha value is -3.00. The Morgan fingerprint density at radius 1 is 1.17 bits per heavy atom. The summed E-state index contributed by atoms with van der Waals surface area (Å²) in [6.07, 6.45) is 6.28. The third-order valence-electron chi connectivity index (χ3n) is 3.39. The molecule has 0 fully saturated rings. The first-order chi connectivity index (χ1) is 11.7. The number of amides is 1. The van der Waals surface area contributed by atoms with Crippen LogP contribution in [0.3, 0.4) is 0 Å². The Kier molecular flexibility index (Phi) is 3.58. The van der Waals surface area contributed by atoms with E-state index >= 15 is 0 Å². The van der Waals surface area contributed by atoms with Crippen molar-refractivity contribution in [3.8, 4) is 11.5 Å². The smallest absolute Gasteiger partial charge is 0.262 e. The first-order valence-corrected chi connectivity index (χ1v) is 7.81. The molecule has 0 spiro atoms. The molecular formula is C16H10BrN5O2. The number of nitrogens with zero attached hydrogens (tertiary/aromatic N) is 4. The minimum Gasteiger partial charge on any atom is -0.463 e. The summed E-state index contributed by atoms with van der Waals surface area (Å²) in [6.45, 7) is 0. The second-order valence-corrected chi connectivity index (χ2v) is 5.83. The quantitative estimate of drug-likeness (QED) is 0.585. The highest BCUT2D eigenvalue weighted by Gasteiger charge is 2.17.